The number of aromatic amines is 1. The van der Waals surface area contributed by atoms with Gasteiger partial charge in [-0.05, 0) is 25.1 Å². The molecular weight excluding hydrogens is 246 g/mol. The summed E-state index contributed by atoms with van der Waals surface area (Å²) >= 11 is 1.87. The van der Waals surface area contributed by atoms with Gasteiger partial charge in [-0.2, -0.15) is 5.10 Å². The van der Waals surface area contributed by atoms with Crippen LogP contribution < -0.4 is 0 Å². The monoisotopic (exact) mass is 263 g/mol. The third-order valence-electron chi connectivity index (χ3n) is 3.28. The number of nitrogens with zero attached hydrogens (tertiary/aromatic N) is 2. The normalized spacial score (nSPS) is 21.3. The Hall–Kier alpha value is -1.17. The van der Waals surface area contributed by atoms with Gasteiger partial charge in [-0.25, -0.2) is 0 Å². The first-order chi connectivity index (χ1) is 8.83. The standard InChI is InChI=1S/C13H17N3OS/c1-10-2-3-11(18-10)8-16-6-7-17-9-13(16)12-4-5-14-15-12/h2-5,13H,6-9H2,1H3,(H,14,15). The quantitative estimate of drug-likeness (QED) is 0.924. The molecule has 0 spiro atoms. The van der Waals surface area contributed by atoms with Gasteiger partial charge in [0.25, 0.3) is 0 Å². The highest BCUT2D eigenvalue weighted by atomic mass is 32.1. The number of thiophene rings is 1. The van der Waals surface area contributed by atoms with Crippen LogP contribution >= 0.6 is 11.3 Å². The molecule has 1 saturated heterocycles. The summed E-state index contributed by atoms with van der Waals surface area (Å²) < 4.78 is 5.59. The summed E-state index contributed by atoms with van der Waals surface area (Å²) in [6, 6.07) is 6.74. The first kappa shape index (κ1) is 11.9. The first-order valence-corrected chi connectivity index (χ1v) is 7.01. The van der Waals surface area contributed by atoms with Gasteiger partial charge < -0.3 is 4.74 Å². The van der Waals surface area contributed by atoms with Crippen LogP contribution in [0.5, 0.6) is 0 Å². The molecule has 3 rings (SSSR count). The molecule has 0 radical (unpaired) electrons. The van der Waals surface area contributed by atoms with E-state index in [1.807, 2.05) is 17.4 Å². The second-order valence-electron chi connectivity index (χ2n) is 4.59. The molecule has 0 aromatic carbocycles. The molecular formula is C13H17N3OS. The maximum absolute atomic E-state index is 5.59. The van der Waals surface area contributed by atoms with Crippen LogP contribution in [-0.4, -0.2) is 34.9 Å². The lowest BCUT2D eigenvalue weighted by molar-refractivity contribution is -0.0138. The molecule has 2 aromatic heterocycles. The second-order valence-corrected chi connectivity index (χ2v) is 5.96. The summed E-state index contributed by atoms with van der Waals surface area (Å²) in [7, 11) is 0. The number of rotatable bonds is 3. The Labute approximate surface area is 111 Å². The molecule has 0 bridgehead atoms. The van der Waals surface area contributed by atoms with Crippen molar-refractivity contribution >= 4 is 11.3 Å². The van der Waals surface area contributed by atoms with Crippen molar-refractivity contribution in [3.8, 4) is 0 Å². The summed E-state index contributed by atoms with van der Waals surface area (Å²) in [5.41, 5.74) is 1.14. The number of nitrogens with one attached hydrogen (secondary N) is 1. The minimum Gasteiger partial charge on any atom is -0.378 e. The van der Waals surface area contributed by atoms with Crippen LogP contribution in [0.1, 0.15) is 21.5 Å². The third kappa shape index (κ3) is 2.48. The van der Waals surface area contributed by atoms with Crippen molar-refractivity contribution in [2.24, 2.45) is 0 Å². The lowest BCUT2D eigenvalue weighted by Gasteiger charge is -2.34. The van der Waals surface area contributed by atoms with E-state index in [1.165, 1.54) is 9.75 Å². The highest BCUT2D eigenvalue weighted by Gasteiger charge is 2.25. The zero-order valence-electron chi connectivity index (χ0n) is 10.4. The Kier molecular flexibility index (Phi) is 3.45. The van der Waals surface area contributed by atoms with Gasteiger partial charge in [0.1, 0.15) is 0 Å². The Morgan fingerprint density at radius 3 is 3.17 bits per heavy atom. The Morgan fingerprint density at radius 1 is 1.50 bits per heavy atom. The third-order valence-corrected chi connectivity index (χ3v) is 4.26. The minimum absolute atomic E-state index is 0.295. The van der Waals surface area contributed by atoms with Crippen molar-refractivity contribution in [2.45, 2.75) is 19.5 Å². The smallest absolute Gasteiger partial charge is 0.0755 e. The van der Waals surface area contributed by atoms with Gasteiger partial charge in [0.05, 0.1) is 24.9 Å². The summed E-state index contributed by atoms with van der Waals surface area (Å²) in [6.45, 7) is 5.67. The highest BCUT2D eigenvalue weighted by molar-refractivity contribution is 7.11. The molecule has 0 aliphatic carbocycles. The molecule has 0 amide bonds. The van der Waals surface area contributed by atoms with Gasteiger partial charge in [0.2, 0.25) is 0 Å². The average molecular weight is 263 g/mol. The van der Waals surface area contributed by atoms with Gasteiger partial charge in [0, 0.05) is 29.0 Å². The van der Waals surface area contributed by atoms with Gasteiger partial charge >= 0.3 is 0 Å². The van der Waals surface area contributed by atoms with Gasteiger partial charge in [-0.15, -0.1) is 11.3 Å². The van der Waals surface area contributed by atoms with Crippen LogP contribution in [0.2, 0.25) is 0 Å². The maximum Gasteiger partial charge on any atom is 0.0755 e. The predicted octanol–water partition coefficient (Wildman–Crippen LogP) is 2.35. The van der Waals surface area contributed by atoms with E-state index >= 15 is 0 Å². The van der Waals surface area contributed by atoms with Gasteiger partial charge in [-0.1, -0.05) is 0 Å². The zero-order chi connectivity index (χ0) is 12.4. The maximum atomic E-state index is 5.59. The molecule has 1 aliphatic heterocycles. The van der Waals surface area contributed by atoms with E-state index in [2.05, 4.69) is 34.2 Å². The van der Waals surface area contributed by atoms with Crippen LogP contribution in [0, 0.1) is 6.92 Å². The van der Waals surface area contributed by atoms with E-state index in [4.69, 9.17) is 4.74 Å². The number of hydrogen-bond donors (Lipinski definition) is 1. The topological polar surface area (TPSA) is 41.1 Å². The Balaban J connectivity index is 1.76. The summed E-state index contributed by atoms with van der Waals surface area (Å²) in [5, 5.41) is 7.10. The number of aryl methyl sites for hydroxylation is 1. The zero-order valence-corrected chi connectivity index (χ0v) is 11.2. The van der Waals surface area contributed by atoms with Crippen molar-refractivity contribution in [3.05, 3.63) is 39.8 Å². The molecule has 96 valence electrons. The molecule has 0 saturated carbocycles. The van der Waals surface area contributed by atoms with E-state index in [0.717, 1.165) is 32.0 Å². The molecule has 2 aromatic rings. The number of aromatic nitrogens is 2. The number of morpholine rings is 1. The van der Waals surface area contributed by atoms with Crippen LogP contribution in [0.15, 0.2) is 24.4 Å². The number of hydrogen-bond acceptors (Lipinski definition) is 4. The van der Waals surface area contributed by atoms with Crippen molar-refractivity contribution in [1.82, 2.24) is 15.1 Å². The fourth-order valence-electron chi connectivity index (χ4n) is 2.34. The van der Waals surface area contributed by atoms with Crippen molar-refractivity contribution in [3.63, 3.8) is 0 Å². The van der Waals surface area contributed by atoms with E-state index in [9.17, 15) is 0 Å². The molecule has 1 atom stereocenters. The van der Waals surface area contributed by atoms with E-state index in [0.29, 0.717) is 6.04 Å². The van der Waals surface area contributed by atoms with Crippen LogP contribution in [0.4, 0.5) is 0 Å². The van der Waals surface area contributed by atoms with E-state index in [-0.39, 0.29) is 0 Å². The molecule has 1 unspecified atom stereocenters. The molecule has 5 heteroatoms. The SMILES string of the molecule is Cc1ccc(CN2CCOCC2c2ccn[nH]2)s1. The molecule has 1 aliphatic rings. The van der Waals surface area contributed by atoms with Crippen molar-refractivity contribution in [2.75, 3.05) is 19.8 Å². The van der Waals surface area contributed by atoms with Crippen LogP contribution in [-0.2, 0) is 11.3 Å². The van der Waals surface area contributed by atoms with Crippen molar-refractivity contribution in [1.29, 1.82) is 0 Å². The Morgan fingerprint density at radius 2 is 2.44 bits per heavy atom. The number of H-pyrrole nitrogens is 1. The van der Waals surface area contributed by atoms with E-state index < -0.39 is 0 Å². The highest BCUT2D eigenvalue weighted by Crippen LogP contribution is 2.26. The summed E-state index contributed by atoms with van der Waals surface area (Å²) in [4.78, 5) is 5.25. The lowest BCUT2D eigenvalue weighted by atomic mass is 10.1. The fourth-order valence-corrected chi connectivity index (χ4v) is 3.25. The molecule has 4 nitrogen and oxygen atoms in total. The van der Waals surface area contributed by atoms with Crippen LogP contribution in [0.25, 0.3) is 0 Å². The average Bonchev–Trinajstić information content (AvgIpc) is 3.02. The molecule has 1 fully saturated rings. The summed E-state index contributed by atoms with van der Waals surface area (Å²) in [5.74, 6) is 0. The van der Waals surface area contributed by atoms with Gasteiger partial charge in [0.15, 0.2) is 0 Å². The lowest BCUT2D eigenvalue weighted by Crippen LogP contribution is -2.39. The first-order valence-electron chi connectivity index (χ1n) is 6.19. The number of ether oxygens (including phenoxy) is 1. The minimum atomic E-state index is 0.295. The summed E-state index contributed by atoms with van der Waals surface area (Å²) in [6.07, 6.45) is 1.80. The Bertz CT molecular complexity index is 494. The molecule has 1 N–H and O–H groups in total. The second kappa shape index (κ2) is 5.22. The van der Waals surface area contributed by atoms with Crippen LogP contribution in [0.3, 0.4) is 0 Å². The van der Waals surface area contributed by atoms with Crippen molar-refractivity contribution < 1.29 is 4.74 Å². The molecule has 3 heterocycles. The molecule has 18 heavy (non-hydrogen) atoms. The fraction of sp³-hybridized carbons (Fsp3) is 0.462. The van der Waals surface area contributed by atoms with E-state index in [1.54, 1.807) is 6.20 Å². The predicted molar refractivity (Wildman–Crippen MR) is 71.6 cm³/mol. The largest absolute Gasteiger partial charge is 0.378 e. The van der Waals surface area contributed by atoms with Gasteiger partial charge in [-0.3, -0.25) is 10.00 Å².